The van der Waals surface area contributed by atoms with Gasteiger partial charge in [0.2, 0.25) is 0 Å². The number of anilines is 1. The molecule has 4 nitrogen and oxygen atoms in total. The average molecular weight is 360 g/mol. The highest BCUT2D eigenvalue weighted by molar-refractivity contribution is 7.84. The molecule has 0 aliphatic heterocycles. The van der Waals surface area contributed by atoms with E-state index >= 15 is 0 Å². The van der Waals surface area contributed by atoms with Crippen molar-refractivity contribution in [2.75, 3.05) is 18.2 Å². The smallest absolute Gasteiger partial charge is 0.141 e. The predicted octanol–water partition coefficient (Wildman–Crippen LogP) is 4.24. The van der Waals surface area contributed by atoms with Crippen molar-refractivity contribution in [2.45, 2.75) is 31.7 Å². The topological polar surface area (TPSA) is 46.1 Å². The molecular formula is C18H21N3OS2. The molecule has 126 valence electrons. The van der Waals surface area contributed by atoms with E-state index in [1.165, 1.54) is 11.1 Å². The number of fused-ring (bicyclic) bond motifs is 1. The fourth-order valence-electron chi connectivity index (χ4n) is 2.77. The SMILES string of the molecule is Cc1nc(N(C)C(C)c2ccc(S(C)=O)cc2)c2c(C)csc2n1. The van der Waals surface area contributed by atoms with E-state index in [1.54, 1.807) is 17.6 Å². The molecule has 2 aromatic heterocycles. The lowest BCUT2D eigenvalue weighted by Crippen LogP contribution is -2.23. The molecule has 24 heavy (non-hydrogen) atoms. The molecule has 2 unspecified atom stereocenters. The molecule has 3 aromatic rings. The number of hydrogen-bond acceptors (Lipinski definition) is 5. The van der Waals surface area contributed by atoms with E-state index in [2.05, 4.69) is 36.2 Å². The van der Waals surface area contributed by atoms with Gasteiger partial charge < -0.3 is 4.90 Å². The summed E-state index contributed by atoms with van der Waals surface area (Å²) in [7, 11) is 1.12. The van der Waals surface area contributed by atoms with Gasteiger partial charge in [-0.2, -0.15) is 0 Å². The zero-order valence-corrected chi connectivity index (χ0v) is 16.2. The third-order valence-corrected chi connectivity index (χ3v) is 6.25. The first kappa shape index (κ1) is 17.0. The van der Waals surface area contributed by atoms with Crippen LogP contribution < -0.4 is 4.90 Å². The summed E-state index contributed by atoms with van der Waals surface area (Å²) < 4.78 is 11.6. The molecular weight excluding hydrogens is 338 g/mol. The van der Waals surface area contributed by atoms with Crippen molar-refractivity contribution in [3.05, 3.63) is 46.6 Å². The molecule has 0 saturated carbocycles. The monoisotopic (exact) mass is 359 g/mol. The summed E-state index contributed by atoms with van der Waals surface area (Å²) in [5.41, 5.74) is 2.38. The number of rotatable bonds is 4. The van der Waals surface area contributed by atoms with Crippen LogP contribution in [0.25, 0.3) is 10.2 Å². The van der Waals surface area contributed by atoms with Crippen molar-refractivity contribution in [2.24, 2.45) is 0 Å². The zero-order chi connectivity index (χ0) is 17.4. The van der Waals surface area contributed by atoms with Crippen LogP contribution in [0, 0.1) is 13.8 Å². The summed E-state index contributed by atoms with van der Waals surface area (Å²) in [4.78, 5) is 13.3. The van der Waals surface area contributed by atoms with Crippen LogP contribution in [-0.2, 0) is 10.8 Å². The predicted molar refractivity (Wildman–Crippen MR) is 102 cm³/mol. The Labute approximate surface area is 149 Å². The molecule has 0 aliphatic carbocycles. The Morgan fingerprint density at radius 3 is 2.46 bits per heavy atom. The summed E-state index contributed by atoms with van der Waals surface area (Å²) in [6.07, 6.45) is 1.70. The largest absolute Gasteiger partial charge is 0.352 e. The standard InChI is InChI=1S/C18H21N3OS2/c1-11-10-23-18-16(11)17(19-13(3)20-18)21(4)12(2)14-6-8-15(9-7-14)24(5)22/h6-10,12H,1-5H3. The van der Waals surface area contributed by atoms with Crippen LogP contribution in [0.15, 0.2) is 34.5 Å². The lowest BCUT2D eigenvalue weighted by atomic mass is 10.1. The highest BCUT2D eigenvalue weighted by atomic mass is 32.2. The fraction of sp³-hybridized carbons (Fsp3) is 0.333. The van der Waals surface area contributed by atoms with Gasteiger partial charge in [-0.3, -0.25) is 4.21 Å². The van der Waals surface area contributed by atoms with E-state index in [9.17, 15) is 4.21 Å². The maximum absolute atomic E-state index is 11.6. The van der Waals surface area contributed by atoms with Gasteiger partial charge in [-0.15, -0.1) is 11.3 Å². The molecule has 0 N–H and O–H groups in total. The molecule has 0 spiro atoms. The second-order valence-electron chi connectivity index (χ2n) is 6.00. The Bertz CT molecular complexity index is 903. The first-order valence-corrected chi connectivity index (χ1v) is 10.2. The van der Waals surface area contributed by atoms with Crippen LogP contribution in [0.2, 0.25) is 0 Å². The molecule has 0 radical (unpaired) electrons. The summed E-state index contributed by atoms with van der Waals surface area (Å²) >= 11 is 1.66. The van der Waals surface area contributed by atoms with E-state index in [4.69, 9.17) is 4.98 Å². The quantitative estimate of drug-likeness (QED) is 0.699. The van der Waals surface area contributed by atoms with Gasteiger partial charge in [0.15, 0.2) is 0 Å². The number of nitrogens with zero attached hydrogens (tertiary/aromatic N) is 3. The normalized spacial score (nSPS) is 13.9. The fourth-order valence-corrected chi connectivity index (χ4v) is 4.25. The zero-order valence-electron chi connectivity index (χ0n) is 14.5. The maximum atomic E-state index is 11.6. The lowest BCUT2D eigenvalue weighted by molar-refractivity contribution is 0.686. The van der Waals surface area contributed by atoms with Crippen LogP contribution in [0.1, 0.15) is 29.9 Å². The van der Waals surface area contributed by atoms with Crippen LogP contribution in [-0.4, -0.2) is 27.5 Å². The number of aryl methyl sites for hydroxylation is 2. The van der Waals surface area contributed by atoms with E-state index in [1.807, 2.05) is 31.2 Å². The number of thiophene rings is 1. The van der Waals surface area contributed by atoms with E-state index in [0.717, 1.165) is 26.8 Å². The molecule has 6 heteroatoms. The van der Waals surface area contributed by atoms with Gasteiger partial charge in [-0.05, 0) is 49.4 Å². The molecule has 2 heterocycles. The van der Waals surface area contributed by atoms with Gasteiger partial charge in [0.25, 0.3) is 0 Å². The lowest BCUT2D eigenvalue weighted by Gasteiger charge is -2.27. The van der Waals surface area contributed by atoms with Gasteiger partial charge in [-0.25, -0.2) is 9.97 Å². The first-order valence-electron chi connectivity index (χ1n) is 7.77. The van der Waals surface area contributed by atoms with Crippen molar-refractivity contribution in [1.29, 1.82) is 0 Å². The van der Waals surface area contributed by atoms with E-state index < -0.39 is 10.8 Å². The van der Waals surface area contributed by atoms with Gasteiger partial charge in [0, 0.05) is 29.0 Å². The van der Waals surface area contributed by atoms with Crippen LogP contribution in [0.5, 0.6) is 0 Å². The van der Waals surface area contributed by atoms with Crippen LogP contribution >= 0.6 is 11.3 Å². The number of benzene rings is 1. The highest BCUT2D eigenvalue weighted by Crippen LogP contribution is 2.34. The van der Waals surface area contributed by atoms with Crippen molar-refractivity contribution in [3.8, 4) is 0 Å². The van der Waals surface area contributed by atoms with Gasteiger partial charge >= 0.3 is 0 Å². The Balaban J connectivity index is 2.00. The molecule has 0 saturated heterocycles. The minimum Gasteiger partial charge on any atom is -0.352 e. The van der Waals surface area contributed by atoms with Crippen molar-refractivity contribution in [3.63, 3.8) is 0 Å². The minimum atomic E-state index is -0.949. The van der Waals surface area contributed by atoms with Crippen molar-refractivity contribution < 1.29 is 4.21 Å². The highest BCUT2D eigenvalue weighted by Gasteiger charge is 2.19. The first-order chi connectivity index (χ1) is 11.4. The Morgan fingerprint density at radius 2 is 1.83 bits per heavy atom. The Morgan fingerprint density at radius 1 is 1.17 bits per heavy atom. The van der Waals surface area contributed by atoms with Crippen molar-refractivity contribution >= 4 is 38.2 Å². The van der Waals surface area contributed by atoms with E-state index in [-0.39, 0.29) is 6.04 Å². The Kier molecular flexibility index (Phi) is 4.69. The Hall–Kier alpha value is -1.79. The maximum Gasteiger partial charge on any atom is 0.141 e. The average Bonchev–Trinajstić information content (AvgIpc) is 2.93. The minimum absolute atomic E-state index is 0.154. The van der Waals surface area contributed by atoms with Gasteiger partial charge in [0.1, 0.15) is 16.5 Å². The molecule has 0 amide bonds. The second kappa shape index (κ2) is 6.61. The van der Waals surface area contributed by atoms with E-state index in [0.29, 0.717) is 0 Å². The number of aromatic nitrogens is 2. The molecule has 0 aliphatic rings. The van der Waals surface area contributed by atoms with Crippen molar-refractivity contribution in [1.82, 2.24) is 9.97 Å². The molecule has 3 rings (SSSR count). The number of hydrogen-bond donors (Lipinski definition) is 0. The summed E-state index contributed by atoms with van der Waals surface area (Å²) in [5.74, 6) is 1.75. The molecule has 0 fully saturated rings. The molecule has 0 bridgehead atoms. The summed E-state index contributed by atoms with van der Waals surface area (Å²) in [6, 6.07) is 8.12. The molecule has 1 aromatic carbocycles. The third kappa shape index (κ3) is 3.08. The van der Waals surface area contributed by atoms with Gasteiger partial charge in [0.05, 0.1) is 11.4 Å². The van der Waals surface area contributed by atoms with Crippen LogP contribution in [0.4, 0.5) is 5.82 Å². The van der Waals surface area contributed by atoms with Gasteiger partial charge in [-0.1, -0.05) is 12.1 Å². The third-order valence-electron chi connectivity index (χ3n) is 4.32. The summed E-state index contributed by atoms with van der Waals surface area (Å²) in [5, 5.41) is 3.26. The summed E-state index contributed by atoms with van der Waals surface area (Å²) in [6.45, 7) is 6.19. The molecule has 2 atom stereocenters. The second-order valence-corrected chi connectivity index (χ2v) is 8.24. The van der Waals surface area contributed by atoms with Crippen LogP contribution in [0.3, 0.4) is 0 Å².